The van der Waals surface area contributed by atoms with Gasteiger partial charge >= 0.3 is 0 Å². The zero-order chi connectivity index (χ0) is 31.2. The molecule has 0 radical (unpaired) electrons. The zero-order valence-corrected chi connectivity index (χ0v) is 29.1. The third-order valence-corrected chi connectivity index (χ3v) is 11.3. The second-order valence-corrected chi connectivity index (χ2v) is 13.0. The first-order valence-corrected chi connectivity index (χ1v) is 16.1. The van der Waals surface area contributed by atoms with Crippen LogP contribution in [0.3, 0.4) is 0 Å². The van der Waals surface area contributed by atoms with Gasteiger partial charge in [-0.1, -0.05) is 13.8 Å². The maximum atomic E-state index is 6.54. The molecule has 224 valence electrons. The molecule has 0 aliphatic carbocycles. The van der Waals surface area contributed by atoms with E-state index in [-0.39, 0.29) is 0 Å². The molecule has 3 aromatic carbocycles. The minimum absolute atomic E-state index is 0.839. The molecule has 4 rings (SSSR count). The van der Waals surface area contributed by atoms with Gasteiger partial charge in [-0.25, -0.2) is 0 Å². The van der Waals surface area contributed by atoms with Crippen LogP contribution in [-0.2, 0) is 32.1 Å². The Morgan fingerprint density at radius 1 is 0.333 bits per heavy atom. The fraction of sp³-hybridized carbons (Fsp3) is 0.463. The van der Waals surface area contributed by atoms with Gasteiger partial charge in [0.25, 0.3) is 0 Å². The Labute approximate surface area is 256 Å². The predicted molar refractivity (Wildman–Crippen MR) is 182 cm³/mol. The molecule has 4 aromatic rings. The topological polar surface area (TPSA) is 13.1 Å². The van der Waals surface area contributed by atoms with Crippen molar-refractivity contribution >= 4 is 0 Å². The highest BCUT2D eigenvalue weighted by atomic mass is 16.3. The smallest absolute Gasteiger partial charge is 0.108 e. The standard InChI is InChI=1S/C41H54O/c1-15-36-25(6)27(8)40(28(9)26(36)7)21-41-31(12)29(10)38(30(11)32(41)13)19-34-17-18-35(42-34)20-39-24(5)22(3)23(4)37(16-2)33(39)14/h17-18H,15-16,19-21H2,1-14H3. The minimum atomic E-state index is 0.839. The Morgan fingerprint density at radius 2 is 0.595 bits per heavy atom. The van der Waals surface area contributed by atoms with E-state index in [9.17, 15) is 0 Å². The SMILES string of the molecule is CCc1c(C)c(C)c(Cc2c(C)c(C)c(Cc3ccc(Cc4c(C)c(C)c(C)c(CC)c4C)o3)c(C)c2C)c(C)c1C. The molecule has 1 heterocycles. The van der Waals surface area contributed by atoms with Gasteiger partial charge in [-0.15, -0.1) is 0 Å². The number of furan rings is 1. The second-order valence-electron chi connectivity index (χ2n) is 13.0. The molecule has 0 saturated carbocycles. The molecule has 0 bridgehead atoms. The van der Waals surface area contributed by atoms with Gasteiger partial charge in [-0.05, 0) is 215 Å². The first-order valence-electron chi connectivity index (χ1n) is 16.1. The Balaban J connectivity index is 1.67. The van der Waals surface area contributed by atoms with Crippen molar-refractivity contribution in [3.05, 3.63) is 124 Å². The number of rotatable bonds is 8. The lowest BCUT2D eigenvalue weighted by Gasteiger charge is -2.24. The van der Waals surface area contributed by atoms with E-state index in [4.69, 9.17) is 4.42 Å². The summed E-state index contributed by atoms with van der Waals surface area (Å²) < 4.78 is 6.54. The van der Waals surface area contributed by atoms with Crippen LogP contribution in [0.5, 0.6) is 0 Å². The summed E-state index contributed by atoms with van der Waals surface area (Å²) in [6.45, 7) is 32.2. The molecule has 0 atom stereocenters. The third kappa shape index (κ3) is 5.41. The van der Waals surface area contributed by atoms with Gasteiger partial charge in [0, 0.05) is 12.8 Å². The van der Waals surface area contributed by atoms with E-state index in [2.05, 4.69) is 109 Å². The second kappa shape index (κ2) is 12.3. The summed E-state index contributed by atoms with van der Waals surface area (Å²) in [6.07, 6.45) is 4.87. The van der Waals surface area contributed by atoms with Crippen LogP contribution < -0.4 is 0 Å². The van der Waals surface area contributed by atoms with Crippen LogP contribution in [0.2, 0.25) is 0 Å². The molecule has 0 unspecified atom stereocenters. The summed E-state index contributed by atoms with van der Waals surface area (Å²) in [6, 6.07) is 4.40. The minimum Gasteiger partial charge on any atom is -0.465 e. The van der Waals surface area contributed by atoms with E-state index in [1.165, 1.54) is 100 Å². The molecular weight excluding hydrogens is 508 g/mol. The van der Waals surface area contributed by atoms with Crippen molar-refractivity contribution < 1.29 is 4.42 Å². The molecule has 0 aliphatic heterocycles. The monoisotopic (exact) mass is 562 g/mol. The fourth-order valence-corrected chi connectivity index (χ4v) is 7.67. The molecule has 42 heavy (non-hydrogen) atoms. The van der Waals surface area contributed by atoms with Gasteiger partial charge in [-0.3, -0.25) is 0 Å². The molecule has 0 fully saturated rings. The fourth-order valence-electron chi connectivity index (χ4n) is 7.67. The van der Waals surface area contributed by atoms with Gasteiger partial charge < -0.3 is 4.42 Å². The highest BCUT2D eigenvalue weighted by Gasteiger charge is 2.21. The Morgan fingerprint density at radius 3 is 0.976 bits per heavy atom. The first-order chi connectivity index (χ1) is 19.7. The molecule has 0 N–H and O–H groups in total. The van der Waals surface area contributed by atoms with Crippen molar-refractivity contribution in [1.29, 1.82) is 0 Å². The summed E-state index contributed by atoms with van der Waals surface area (Å²) in [5.41, 5.74) is 26.2. The lowest BCUT2D eigenvalue weighted by atomic mass is 9.81. The first kappa shape index (κ1) is 31.9. The van der Waals surface area contributed by atoms with Crippen LogP contribution in [-0.4, -0.2) is 0 Å². The van der Waals surface area contributed by atoms with E-state index in [0.717, 1.165) is 43.6 Å². The third-order valence-electron chi connectivity index (χ3n) is 11.3. The van der Waals surface area contributed by atoms with Crippen LogP contribution >= 0.6 is 0 Å². The van der Waals surface area contributed by atoms with E-state index in [1.807, 2.05) is 0 Å². The quantitative estimate of drug-likeness (QED) is 0.208. The van der Waals surface area contributed by atoms with Crippen LogP contribution in [0.4, 0.5) is 0 Å². The summed E-state index contributed by atoms with van der Waals surface area (Å²) in [4.78, 5) is 0. The van der Waals surface area contributed by atoms with Crippen molar-refractivity contribution in [1.82, 2.24) is 0 Å². The van der Waals surface area contributed by atoms with E-state index in [0.29, 0.717) is 0 Å². The van der Waals surface area contributed by atoms with Gasteiger partial charge in [0.15, 0.2) is 0 Å². The van der Waals surface area contributed by atoms with E-state index < -0.39 is 0 Å². The normalized spacial score (nSPS) is 11.6. The van der Waals surface area contributed by atoms with Crippen molar-refractivity contribution in [3.63, 3.8) is 0 Å². The van der Waals surface area contributed by atoms with Crippen molar-refractivity contribution in [2.75, 3.05) is 0 Å². The van der Waals surface area contributed by atoms with Crippen molar-refractivity contribution in [2.45, 2.75) is 129 Å². The summed E-state index contributed by atoms with van der Waals surface area (Å²) in [7, 11) is 0. The highest BCUT2D eigenvalue weighted by Crippen LogP contribution is 2.35. The lowest BCUT2D eigenvalue weighted by Crippen LogP contribution is -2.10. The van der Waals surface area contributed by atoms with Crippen molar-refractivity contribution in [3.8, 4) is 0 Å². The van der Waals surface area contributed by atoms with Crippen LogP contribution in [0.25, 0.3) is 0 Å². The predicted octanol–water partition coefficient (Wildman–Crippen LogP) is 10.9. The van der Waals surface area contributed by atoms with Crippen LogP contribution in [0.1, 0.15) is 126 Å². The Hall–Kier alpha value is -3.06. The lowest BCUT2D eigenvalue weighted by molar-refractivity contribution is 0.481. The molecule has 1 nitrogen and oxygen atoms in total. The molecule has 0 aliphatic rings. The van der Waals surface area contributed by atoms with E-state index >= 15 is 0 Å². The molecular formula is C41H54O. The molecule has 0 amide bonds. The van der Waals surface area contributed by atoms with Gasteiger partial charge in [0.1, 0.15) is 11.5 Å². The van der Waals surface area contributed by atoms with E-state index in [1.54, 1.807) is 0 Å². The number of benzene rings is 3. The van der Waals surface area contributed by atoms with Crippen molar-refractivity contribution in [2.24, 2.45) is 0 Å². The maximum Gasteiger partial charge on any atom is 0.108 e. The Bertz CT molecular complexity index is 1610. The average molecular weight is 563 g/mol. The van der Waals surface area contributed by atoms with Gasteiger partial charge in [0.05, 0.1) is 0 Å². The maximum absolute atomic E-state index is 6.54. The summed E-state index contributed by atoms with van der Waals surface area (Å²) >= 11 is 0. The summed E-state index contributed by atoms with van der Waals surface area (Å²) in [5.74, 6) is 2.12. The van der Waals surface area contributed by atoms with Gasteiger partial charge in [0.2, 0.25) is 0 Å². The molecule has 0 spiro atoms. The Kier molecular flexibility index (Phi) is 9.31. The number of hydrogen-bond donors (Lipinski definition) is 0. The summed E-state index contributed by atoms with van der Waals surface area (Å²) in [5, 5.41) is 0. The number of hydrogen-bond acceptors (Lipinski definition) is 1. The molecule has 0 saturated heterocycles. The van der Waals surface area contributed by atoms with Crippen LogP contribution in [0, 0.1) is 83.1 Å². The largest absolute Gasteiger partial charge is 0.465 e. The molecule has 1 aromatic heterocycles. The highest BCUT2D eigenvalue weighted by molar-refractivity contribution is 5.57. The molecule has 1 heteroatoms. The average Bonchev–Trinajstić information content (AvgIpc) is 3.41. The van der Waals surface area contributed by atoms with Gasteiger partial charge in [-0.2, -0.15) is 0 Å². The van der Waals surface area contributed by atoms with Crippen LogP contribution in [0.15, 0.2) is 16.5 Å². The zero-order valence-electron chi connectivity index (χ0n) is 29.1.